The van der Waals surface area contributed by atoms with Gasteiger partial charge in [0.25, 0.3) is 5.91 Å². The highest BCUT2D eigenvalue weighted by molar-refractivity contribution is 5.97. The first kappa shape index (κ1) is 23.5. The highest BCUT2D eigenvalue weighted by atomic mass is 16.5. The van der Waals surface area contributed by atoms with Crippen LogP contribution in [0.15, 0.2) is 82.0 Å². The van der Waals surface area contributed by atoms with Crippen LogP contribution in [-0.4, -0.2) is 25.7 Å². The molecule has 0 aliphatic carbocycles. The Kier molecular flexibility index (Phi) is 6.38. The Balaban J connectivity index is 1.61. The Bertz CT molecular complexity index is 1460. The molecule has 0 spiro atoms. The Morgan fingerprint density at radius 2 is 1.75 bits per heavy atom. The molecule has 0 bridgehead atoms. The number of benzene rings is 3. The first-order chi connectivity index (χ1) is 17.5. The number of hydrogen-bond donors (Lipinski definition) is 1. The number of ether oxygens (including phenoxy) is 3. The second-order valence-electron chi connectivity index (χ2n) is 9.12. The number of carbonyl (C=O) groups excluding carboxylic acids is 1. The van der Waals surface area contributed by atoms with Crippen molar-refractivity contribution in [3.8, 4) is 17.2 Å². The van der Waals surface area contributed by atoms with E-state index in [0.717, 1.165) is 0 Å². The lowest BCUT2D eigenvalue weighted by Gasteiger charge is -2.20. The quantitative estimate of drug-likeness (QED) is 0.354. The summed E-state index contributed by atoms with van der Waals surface area (Å²) in [5, 5.41) is 3.54. The molecule has 0 fully saturated rings. The largest absolute Gasteiger partial charge is 0.493 e. The minimum atomic E-state index is -0.999. The van der Waals surface area contributed by atoms with E-state index in [1.165, 1.54) is 0 Å². The molecule has 1 aliphatic heterocycles. The fraction of sp³-hybridized carbons (Fsp3) is 0.241. The van der Waals surface area contributed by atoms with E-state index in [2.05, 4.69) is 19.2 Å². The van der Waals surface area contributed by atoms with Crippen molar-refractivity contribution in [2.75, 3.05) is 19.0 Å². The van der Waals surface area contributed by atoms with E-state index in [1.807, 2.05) is 36.4 Å². The van der Waals surface area contributed by atoms with Crippen molar-refractivity contribution in [2.45, 2.75) is 25.9 Å². The molecule has 1 aromatic heterocycles. The van der Waals surface area contributed by atoms with Crippen LogP contribution in [-0.2, 0) is 4.79 Å². The van der Waals surface area contributed by atoms with E-state index in [1.54, 1.807) is 43.5 Å². The summed E-state index contributed by atoms with van der Waals surface area (Å²) in [7, 11) is 1.56. The number of methoxy groups -OCH3 is 1. The fourth-order valence-corrected chi connectivity index (χ4v) is 4.41. The van der Waals surface area contributed by atoms with Gasteiger partial charge in [-0.05, 0) is 47.9 Å². The number of amides is 1. The van der Waals surface area contributed by atoms with Crippen LogP contribution in [0.25, 0.3) is 11.0 Å². The van der Waals surface area contributed by atoms with Crippen LogP contribution in [0.2, 0.25) is 0 Å². The molecule has 3 aromatic carbocycles. The molecule has 36 heavy (non-hydrogen) atoms. The van der Waals surface area contributed by atoms with Gasteiger partial charge >= 0.3 is 5.63 Å². The van der Waals surface area contributed by atoms with Gasteiger partial charge in [0.1, 0.15) is 11.3 Å². The number of anilines is 1. The molecule has 0 radical (unpaired) electrons. The highest BCUT2D eigenvalue weighted by Gasteiger charge is 2.44. The highest BCUT2D eigenvalue weighted by Crippen LogP contribution is 2.46. The minimum Gasteiger partial charge on any atom is -0.493 e. The lowest BCUT2D eigenvalue weighted by molar-refractivity contribution is -0.122. The average Bonchev–Trinajstić information content (AvgIpc) is 3.30. The van der Waals surface area contributed by atoms with Gasteiger partial charge in [-0.3, -0.25) is 4.79 Å². The molecular formula is C29H27NO6. The van der Waals surface area contributed by atoms with Crippen LogP contribution in [0.5, 0.6) is 17.2 Å². The molecule has 184 valence electrons. The monoisotopic (exact) mass is 485 g/mol. The van der Waals surface area contributed by atoms with E-state index in [4.69, 9.17) is 18.6 Å². The Labute approximate surface area is 208 Å². The SMILES string of the molecule is COc1cc([C@@H]2c3c(c4ccccc4oc3=O)O[C@H]2C(=O)Nc2ccccc2)ccc1OCC(C)C. The molecule has 1 aliphatic rings. The fourth-order valence-electron chi connectivity index (χ4n) is 4.41. The Morgan fingerprint density at radius 3 is 2.50 bits per heavy atom. The summed E-state index contributed by atoms with van der Waals surface area (Å²) < 4.78 is 23.4. The smallest absolute Gasteiger partial charge is 0.344 e. The molecule has 0 unspecified atom stereocenters. The van der Waals surface area contributed by atoms with Gasteiger partial charge in [0.2, 0.25) is 0 Å². The van der Waals surface area contributed by atoms with E-state index in [9.17, 15) is 9.59 Å². The number of nitrogens with one attached hydrogen (secondary N) is 1. The molecule has 5 rings (SSSR count). The molecule has 0 saturated carbocycles. The number of para-hydroxylation sites is 2. The van der Waals surface area contributed by atoms with Gasteiger partial charge < -0.3 is 23.9 Å². The average molecular weight is 486 g/mol. The van der Waals surface area contributed by atoms with Gasteiger partial charge in [-0.2, -0.15) is 0 Å². The van der Waals surface area contributed by atoms with Gasteiger partial charge in [-0.15, -0.1) is 0 Å². The summed E-state index contributed by atoms with van der Waals surface area (Å²) in [5.41, 5.74) is 1.48. The van der Waals surface area contributed by atoms with Crippen LogP contribution < -0.4 is 25.2 Å². The van der Waals surface area contributed by atoms with Crippen molar-refractivity contribution in [1.29, 1.82) is 0 Å². The molecule has 0 saturated heterocycles. The zero-order chi connectivity index (χ0) is 25.2. The maximum absolute atomic E-state index is 13.5. The second kappa shape index (κ2) is 9.77. The van der Waals surface area contributed by atoms with Gasteiger partial charge in [0.05, 0.1) is 30.6 Å². The lowest BCUT2D eigenvalue weighted by Crippen LogP contribution is -2.35. The summed E-state index contributed by atoms with van der Waals surface area (Å²) in [4.78, 5) is 26.7. The van der Waals surface area contributed by atoms with Crippen LogP contribution in [0.3, 0.4) is 0 Å². The van der Waals surface area contributed by atoms with Crippen LogP contribution in [0.4, 0.5) is 5.69 Å². The third-order valence-electron chi connectivity index (χ3n) is 6.08. The molecule has 1 amide bonds. The van der Waals surface area contributed by atoms with E-state index >= 15 is 0 Å². The summed E-state index contributed by atoms with van der Waals surface area (Å²) >= 11 is 0. The minimum absolute atomic E-state index is 0.305. The predicted octanol–water partition coefficient (Wildman–Crippen LogP) is 5.37. The van der Waals surface area contributed by atoms with E-state index in [0.29, 0.717) is 57.6 Å². The van der Waals surface area contributed by atoms with Crippen LogP contribution in [0, 0.1) is 5.92 Å². The third kappa shape index (κ3) is 4.40. The summed E-state index contributed by atoms with van der Waals surface area (Å²) in [6.45, 7) is 4.66. The number of fused-ring (bicyclic) bond motifs is 3. The lowest BCUT2D eigenvalue weighted by atomic mass is 9.88. The first-order valence-corrected chi connectivity index (χ1v) is 11.8. The van der Waals surface area contributed by atoms with Gasteiger partial charge in [0.15, 0.2) is 17.6 Å². The van der Waals surface area contributed by atoms with Crippen molar-refractivity contribution < 1.29 is 23.4 Å². The van der Waals surface area contributed by atoms with Crippen LogP contribution >= 0.6 is 0 Å². The standard InChI is InChI=1S/C29H27NO6/c1-17(2)16-34-22-14-13-18(15-23(22)33-3)24-25-26(20-11-7-8-12-21(20)35-29(25)32)36-27(24)28(31)30-19-9-5-4-6-10-19/h4-15,17,24,27H,16H2,1-3H3,(H,30,31)/t24-,27-/m1/s1. The Hall–Kier alpha value is -4.26. The van der Waals surface area contributed by atoms with E-state index < -0.39 is 17.6 Å². The van der Waals surface area contributed by atoms with Crippen molar-refractivity contribution in [3.05, 3.63) is 94.3 Å². The molecular weight excluding hydrogens is 458 g/mol. The maximum atomic E-state index is 13.5. The van der Waals surface area contributed by atoms with Gasteiger partial charge in [0, 0.05) is 5.69 Å². The molecule has 7 nitrogen and oxygen atoms in total. The number of hydrogen-bond acceptors (Lipinski definition) is 6. The maximum Gasteiger partial charge on any atom is 0.344 e. The molecule has 4 aromatic rings. The third-order valence-corrected chi connectivity index (χ3v) is 6.08. The molecule has 2 heterocycles. The summed E-state index contributed by atoms with van der Waals surface area (Å²) in [6, 6.07) is 21.7. The van der Waals surface area contributed by atoms with Crippen molar-refractivity contribution in [1.82, 2.24) is 0 Å². The molecule has 1 N–H and O–H groups in total. The topological polar surface area (TPSA) is 87.0 Å². The normalized spacial score (nSPS) is 16.4. The zero-order valence-corrected chi connectivity index (χ0v) is 20.3. The predicted molar refractivity (Wildman–Crippen MR) is 137 cm³/mol. The zero-order valence-electron chi connectivity index (χ0n) is 20.3. The molecule has 7 heteroatoms. The van der Waals surface area contributed by atoms with Gasteiger partial charge in [-0.1, -0.05) is 50.2 Å². The van der Waals surface area contributed by atoms with Crippen molar-refractivity contribution in [3.63, 3.8) is 0 Å². The van der Waals surface area contributed by atoms with Crippen molar-refractivity contribution >= 4 is 22.6 Å². The molecule has 2 atom stereocenters. The summed E-state index contributed by atoms with van der Waals surface area (Å²) in [6.07, 6.45) is -0.999. The Morgan fingerprint density at radius 1 is 1.00 bits per heavy atom. The second-order valence-corrected chi connectivity index (χ2v) is 9.12. The first-order valence-electron chi connectivity index (χ1n) is 11.8. The van der Waals surface area contributed by atoms with Crippen molar-refractivity contribution in [2.24, 2.45) is 5.92 Å². The number of rotatable bonds is 7. The summed E-state index contributed by atoms with van der Waals surface area (Å²) in [5.74, 6) is 0.717. The van der Waals surface area contributed by atoms with E-state index in [-0.39, 0.29) is 5.91 Å². The van der Waals surface area contributed by atoms with Crippen LogP contribution in [0.1, 0.15) is 30.9 Å². The van der Waals surface area contributed by atoms with Gasteiger partial charge in [-0.25, -0.2) is 4.79 Å². The number of carbonyl (C=O) groups is 1.